The van der Waals surface area contributed by atoms with Crippen LogP contribution in [0, 0.1) is 5.82 Å². The average Bonchev–Trinajstić information content (AvgIpc) is 2.84. The summed E-state index contributed by atoms with van der Waals surface area (Å²) in [6.45, 7) is 0.509. The Kier molecular flexibility index (Phi) is 7.04. The van der Waals surface area contributed by atoms with Crippen molar-refractivity contribution in [3.8, 4) is 0 Å². The second kappa shape index (κ2) is 9.66. The smallest absolute Gasteiger partial charge is 0.207 e. The zero-order valence-corrected chi connectivity index (χ0v) is 20.3. The van der Waals surface area contributed by atoms with Gasteiger partial charge >= 0.3 is 0 Å². The lowest BCUT2D eigenvalue weighted by atomic mass is 9.96. The summed E-state index contributed by atoms with van der Waals surface area (Å²) in [5.74, 6) is -0.310. The topological polar surface area (TPSA) is 74.8 Å². The molecule has 0 saturated heterocycles. The number of benzene rings is 2. The van der Waals surface area contributed by atoms with Crippen LogP contribution in [0.3, 0.4) is 0 Å². The van der Waals surface area contributed by atoms with Crippen molar-refractivity contribution in [2.45, 2.75) is 54.4 Å². The summed E-state index contributed by atoms with van der Waals surface area (Å²) in [7, 11) is -5.83. The Hall–Kier alpha value is -2.07. The molecule has 4 rings (SSSR count). The molecule has 1 saturated carbocycles. The third-order valence-corrected chi connectivity index (χ3v) is 10.4. The maximum absolute atomic E-state index is 13.2. The zero-order valence-electron chi connectivity index (χ0n) is 18.7. The molecule has 1 fully saturated rings. The van der Waals surface area contributed by atoms with Crippen molar-refractivity contribution in [2.24, 2.45) is 0 Å². The van der Waals surface area contributed by atoms with Crippen molar-refractivity contribution in [1.29, 1.82) is 0 Å². The van der Waals surface area contributed by atoms with E-state index in [-0.39, 0.29) is 28.2 Å². The van der Waals surface area contributed by atoms with Crippen LogP contribution in [0.1, 0.15) is 44.1 Å². The SMILES string of the molecule is CN(C1CCCCC1)S(=O)(=O)c1ccc(S(=O)(=O)N2CC=C(c3ccc(F)cc3)CC2)cc1. The van der Waals surface area contributed by atoms with Gasteiger partial charge < -0.3 is 0 Å². The van der Waals surface area contributed by atoms with Crippen LogP contribution in [0.15, 0.2) is 64.4 Å². The van der Waals surface area contributed by atoms with Crippen LogP contribution in [0.2, 0.25) is 0 Å². The first-order valence-corrected chi connectivity index (χ1v) is 14.1. The average molecular weight is 493 g/mol. The quantitative estimate of drug-likeness (QED) is 0.604. The van der Waals surface area contributed by atoms with Crippen molar-refractivity contribution in [1.82, 2.24) is 8.61 Å². The fourth-order valence-electron chi connectivity index (χ4n) is 4.53. The predicted octanol–water partition coefficient (Wildman–Crippen LogP) is 4.26. The van der Waals surface area contributed by atoms with Gasteiger partial charge in [0.2, 0.25) is 20.0 Å². The molecule has 0 radical (unpaired) electrons. The number of hydrogen-bond acceptors (Lipinski definition) is 4. The minimum atomic E-state index is -3.76. The lowest BCUT2D eigenvalue weighted by Crippen LogP contribution is -2.38. The van der Waals surface area contributed by atoms with Crippen LogP contribution < -0.4 is 0 Å². The van der Waals surface area contributed by atoms with Gasteiger partial charge in [-0.05, 0) is 66.8 Å². The predicted molar refractivity (Wildman–Crippen MR) is 126 cm³/mol. The Morgan fingerprint density at radius 2 is 1.48 bits per heavy atom. The highest BCUT2D eigenvalue weighted by Gasteiger charge is 2.30. The molecule has 0 bridgehead atoms. The third-order valence-electron chi connectivity index (χ3n) is 6.61. The number of nitrogens with zero attached hydrogens (tertiary/aromatic N) is 2. The summed E-state index contributed by atoms with van der Waals surface area (Å²) in [5, 5.41) is 0. The molecule has 6 nitrogen and oxygen atoms in total. The second-order valence-corrected chi connectivity index (χ2v) is 12.6. The number of sulfonamides is 2. The van der Waals surface area contributed by atoms with Gasteiger partial charge in [0, 0.05) is 26.2 Å². The number of halogens is 1. The molecule has 1 aliphatic carbocycles. The molecule has 2 aromatic carbocycles. The Bertz CT molecular complexity index is 1220. The maximum Gasteiger partial charge on any atom is 0.243 e. The first-order valence-electron chi connectivity index (χ1n) is 11.2. The van der Waals surface area contributed by atoms with Crippen LogP contribution in [0.4, 0.5) is 4.39 Å². The molecular weight excluding hydrogens is 463 g/mol. The van der Waals surface area contributed by atoms with Gasteiger partial charge in [-0.1, -0.05) is 37.5 Å². The molecule has 0 N–H and O–H groups in total. The fourth-order valence-corrected chi connectivity index (χ4v) is 7.33. The lowest BCUT2D eigenvalue weighted by molar-refractivity contribution is 0.286. The van der Waals surface area contributed by atoms with E-state index in [1.165, 1.54) is 45.0 Å². The van der Waals surface area contributed by atoms with E-state index < -0.39 is 20.0 Å². The summed E-state index contributed by atoms with van der Waals surface area (Å²) in [6, 6.07) is 11.6. The first-order chi connectivity index (χ1) is 15.7. The molecule has 0 unspecified atom stereocenters. The van der Waals surface area contributed by atoms with Crippen LogP contribution >= 0.6 is 0 Å². The standard InChI is InChI=1S/C24H29FN2O4S2/c1-26(22-5-3-2-4-6-22)32(28,29)23-11-13-24(14-12-23)33(30,31)27-17-15-20(16-18-27)19-7-9-21(25)10-8-19/h7-15,22H,2-6,16-18H2,1H3. The Balaban J connectivity index is 1.48. The van der Waals surface area contributed by atoms with Crippen molar-refractivity contribution in [2.75, 3.05) is 20.1 Å². The summed E-state index contributed by atoms with van der Waals surface area (Å²) in [5.41, 5.74) is 1.86. The van der Waals surface area contributed by atoms with Crippen LogP contribution in [-0.4, -0.2) is 51.6 Å². The van der Waals surface area contributed by atoms with Gasteiger partial charge in [-0.25, -0.2) is 21.2 Å². The van der Waals surface area contributed by atoms with Crippen molar-refractivity contribution < 1.29 is 21.2 Å². The van der Waals surface area contributed by atoms with E-state index in [0.717, 1.165) is 43.2 Å². The molecule has 0 spiro atoms. The van der Waals surface area contributed by atoms with Crippen molar-refractivity contribution in [3.63, 3.8) is 0 Å². The Labute approximate surface area is 195 Å². The van der Waals surface area contributed by atoms with Gasteiger partial charge in [0.25, 0.3) is 0 Å². The molecule has 2 aliphatic rings. The van der Waals surface area contributed by atoms with Gasteiger partial charge in [-0.2, -0.15) is 8.61 Å². The molecule has 0 aromatic heterocycles. The van der Waals surface area contributed by atoms with E-state index in [2.05, 4.69) is 0 Å². The van der Waals surface area contributed by atoms with Gasteiger partial charge in [0.05, 0.1) is 9.79 Å². The molecule has 1 aliphatic heterocycles. The van der Waals surface area contributed by atoms with Crippen molar-refractivity contribution in [3.05, 3.63) is 66.0 Å². The monoisotopic (exact) mass is 492 g/mol. The van der Waals surface area contributed by atoms with E-state index in [1.54, 1.807) is 19.2 Å². The molecule has 33 heavy (non-hydrogen) atoms. The molecule has 1 heterocycles. The van der Waals surface area contributed by atoms with Gasteiger partial charge in [0.1, 0.15) is 5.82 Å². The summed E-state index contributed by atoms with van der Waals surface area (Å²) in [6.07, 6.45) is 7.24. The lowest BCUT2D eigenvalue weighted by Gasteiger charge is -2.30. The minimum Gasteiger partial charge on any atom is -0.207 e. The molecule has 178 valence electrons. The van der Waals surface area contributed by atoms with Gasteiger partial charge in [-0.3, -0.25) is 0 Å². The second-order valence-electron chi connectivity index (χ2n) is 8.63. The van der Waals surface area contributed by atoms with Gasteiger partial charge in [0.15, 0.2) is 0 Å². The molecular formula is C24H29FN2O4S2. The van der Waals surface area contributed by atoms with E-state index >= 15 is 0 Å². The van der Waals surface area contributed by atoms with Crippen LogP contribution in [0.25, 0.3) is 5.57 Å². The van der Waals surface area contributed by atoms with E-state index in [9.17, 15) is 21.2 Å². The fraction of sp³-hybridized carbons (Fsp3) is 0.417. The zero-order chi connectivity index (χ0) is 23.6. The summed E-state index contributed by atoms with van der Waals surface area (Å²) >= 11 is 0. The molecule has 0 atom stereocenters. The summed E-state index contributed by atoms with van der Waals surface area (Å²) in [4.78, 5) is 0.173. The minimum absolute atomic E-state index is 0.0115. The maximum atomic E-state index is 13.2. The number of hydrogen-bond donors (Lipinski definition) is 0. The normalized spacial score (nSPS) is 18.9. The van der Waals surface area contributed by atoms with Crippen molar-refractivity contribution >= 4 is 25.6 Å². The highest BCUT2D eigenvalue weighted by Crippen LogP contribution is 2.29. The van der Waals surface area contributed by atoms with E-state index in [1.807, 2.05) is 6.08 Å². The highest BCUT2D eigenvalue weighted by atomic mass is 32.2. The first kappa shape index (κ1) is 24.1. The molecule has 0 amide bonds. The van der Waals surface area contributed by atoms with Crippen LogP contribution in [-0.2, 0) is 20.0 Å². The third kappa shape index (κ3) is 5.06. The largest absolute Gasteiger partial charge is 0.243 e. The van der Waals surface area contributed by atoms with E-state index in [4.69, 9.17) is 0 Å². The van der Waals surface area contributed by atoms with Gasteiger partial charge in [-0.15, -0.1) is 0 Å². The number of rotatable bonds is 6. The van der Waals surface area contributed by atoms with E-state index in [0.29, 0.717) is 13.0 Å². The Morgan fingerprint density at radius 3 is 2.06 bits per heavy atom. The highest BCUT2D eigenvalue weighted by molar-refractivity contribution is 7.89. The molecule has 2 aromatic rings. The van der Waals surface area contributed by atoms with Crippen LogP contribution in [0.5, 0.6) is 0 Å². The molecule has 9 heteroatoms. The summed E-state index contributed by atoms with van der Waals surface area (Å²) < 4.78 is 68.2. The Morgan fingerprint density at radius 1 is 0.879 bits per heavy atom.